The highest BCUT2D eigenvalue weighted by molar-refractivity contribution is 6.29. The van der Waals surface area contributed by atoms with Crippen LogP contribution < -0.4 is 5.32 Å². The molecular weight excluding hydrogens is 272 g/mol. The number of carboxylic acids is 1. The van der Waals surface area contributed by atoms with Gasteiger partial charge in [0, 0.05) is 12.4 Å². The van der Waals surface area contributed by atoms with Gasteiger partial charge in [-0.1, -0.05) is 11.6 Å². The van der Waals surface area contributed by atoms with E-state index < -0.39 is 17.6 Å². The molecule has 0 aliphatic rings. The van der Waals surface area contributed by atoms with Gasteiger partial charge in [-0.2, -0.15) is 0 Å². The normalized spacial score (nSPS) is 9.95. The van der Waals surface area contributed by atoms with E-state index in [0.717, 1.165) is 0 Å². The Kier molecular flexibility index (Phi) is 3.67. The second-order valence-electron chi connectivity index (χ2n) is 3.38. The second-order valence-corrected chi connectivity index (χ2v) is 3.77. The maximum atomic E-state index is 11.9. The van der Waals surface area contributed by atoms with Gasteiger partial charge >= 0.3 is 5.97 Å². The van der Waals surface area contributed by atoms with Crippen molar-refractivity contribution in [2.45, 2.75) is 0 Å². The van der Waals surface area contributed by atoms with E-state index in [-0.39, 0.29) is 10.8 Å². The molecule has 0 saturated carbocycles. The van der Waals surface area contributed by atoms with Crippen molar-refractivity contribution in [3.8, 4) is 0 Å². The van der Waals surface area contributed by atoms with Gasteiger partial charge in [0.05, 0.1) is 11.9 Å². The van der Waals surface area contributed by atoms with E-state index in [0.29, 0.717) is 5.69 Å². The minimum Gasteiger partial charge on any atom is -0.476 e. The molecule has 0 aromatic carbocycles. The lowest BCUT2D eigenvalue weighted by Crippen LogP contribution is -2.19. The third-order valence-corrected chi connectivity index (χ3v) is 2.32. The van der Waals surface area contributed by atoms with E-state index >= 15 is 0 Å². The lowest BCUT2D eigenvalue weighted by atomic mass is 10.2. The number of halogens is 1. The van der Waals surface area contributed by atoms with Crippen LogP contribution in [0.4, 0.5) is 5.69 Å². The number of anilines is 1. The predicted octanol–water partition coefficient (Wildman–Crippen LogP) is 1.48. The van der Waals surface area contributed by atoms with Crippen LogP contribution in [0.5, 0.6) is 0 Å². The quantitative estimate of drug-likeness (QED) is 0.824. The number of amides is 1. The van der Waals surface area contributed by atoms with E-state index in [2.05, 4.69) is 20.3 Å². The number of hydrogen-bond donors (Lipinski definition) is 2. The number of nitrogens with one attached hydrogen (secondary N) is 1. The molecule has 0 aliphatic heterocycles. The largest absolute Gasteiger partial charge is 0.476 e. The molecule has 19 heavy (non-hydrogen) atoms. The first-order valence-electron chi connectivity index (χ1n) is 5.05. The zero-order valence-corrected chi connectivity index (χ0v) is 10.1. The van der Waals surface area contributed by atoms with Gasteiger partial charge in [-0.05, 0) is 12.1 Å². The summed E-state index contributed by atoms with van der Waals surface area (Å²) in [4.78, 5) is 33.9. The summed E-state index contributed by atoms with van der Waals surface area (Å²) in [6.45, 7) is 0. The molecule has 0 saturated heterocycles. The van der Waals surface area contributed by atoms with Crippen molar-refractivity contribution in [3.05, 3.63) is 47.3 Å². The summed E-state index contributed by atoms with van der Waals surface area (Å²) in [6, 6.07) is 3.02. The predicted molar refractivity (Wildman–Crippen MR) is 66.2 cm³/mol. The minimum absolute atomic E-state index is 0.273. The van der Waals surface area contributed by atoms with Gasteiger partial charge < -0.3 is 10.4 Å². The van der Waals surface area contributed by atoms with Crippen molar-refractivity contribution >= 4 is 29.2 Å². The number of pyridine rings is 1. The molecule has 2 aromatic rings. The highest BCUT2D eigenvalue weighted by atomic mass is 35.5. The van der Waals surface area contributed by atoms with E-state index in [4.69, 9.17) is 16.7 Å². The second kappa shape index (κ2) is 5.40. The van der Waals surface area contributed by atoms with Crippen LogP contribution in [0.2, 0.25) is 5.15 Å². The first-order valence-corrected chi connectivity index (χ1v) is 5.43. The Morgan fingerprint density at radius 1 is 1.11 bits per heavy atom. The molecule has 0 bridgehead atoms. The fourth-order valence-corrected chi connectivity index (χ4v) is 1.41. The zero-order chi connectivity index (χ0) is 13.8. The lowest BCUT2D eigenvalue weighted by Gasteiger charge is -2.05. The molecule has 0 fully saturated rings. The summed E-state index contributed by atoms with van der Waals surface area (Å²) in [5.74, 6) is -2.01. The van der Waals surface area contributed by atoms with Crippen LogP contribution in [0.1, 0.15) is 21.0 Å². The fraction of sp³-hybridized carbons (Fsp3) is 0. The SMILES string of the molecule is O=C(O)c1nccnc1C(=O)Nc1ccc(Cl)nc1. The lowest BCUT2D eigenvalue weighted by molar-refractivity contribution is 0.0685. The van der Waals surface area contributed by atoms with Crippen molar-refractivity contribution in [2.75, 3.05) is 5.32 Å². The first-order chi connectivity index (χ1) is 9.08. The molecule has 8 heteroatoms. The fourth-order valence-electron chi connectivity index (χ4n) is 1.30. The van der Waals surface area contributed by atoms with Crippen LogP contribution in [-0.2, 0) is 0 Å². The van der Waals surface area contributed by atoms with Gasteiger partial charge in [0.1, 0.15) is 5.15 Å². The number of nitrogens with zero attached hydrogens (tertiary/aromatic N) is 3. The third-order valence-electron chi connectivity index (χ3n) is 2.10. The molecule has 2 aromatic heterocycles. The molecule has 1 amide bonds. The summed E-state index contributed by atoms with van der Waals surface area (Å²) >= 11 is 5.61. The maximum absolute atomic E-state index is 11.9. The van der Waals surface area contributed by atoms with Crippen molar-refractivity contribution in [1.29, 1.82) is 0 Å². The van der Waals surface area contributed by atoms with Gasteiger partial charge in [-0.3, -0.25) is 4.79 Å². The summed E-state index contributed by atoms with van der Waals surface area (Å²) in [5.41, 5.74) is -0.316. The van der Waals surface area contributed by atoms with Gasteiger partial charge in [0.2, 0.25) is 0 Å². The molecule has 0 aliphatic carbocycles. The molecule has 7 nitrogen and oxygen atoms in total. The first kappa shape index (κ1) is 12.9. The molecule has 0 radical (unpaired) electrons. The van der Waals surface area contributed by atoms with Crippen LogP contribution in [0, 0.1) is 0 Å². The highest BCUT2D eigenvalue weighted by Gasteiger charge is 2.19. The molecule has 2 rings (SSSR count). The Hall–Kier alpha value is -2.54. The number of hydrogen-bond acceptors (Lipinski definition) is 5. The molecule has 0 unspecified atom stereocenters. The van der Waals surface area contributed by atoms with Gasteiger partial charge in [-0.25, -0.2) is 19.7 Å². The average Bonchev–Trinajstić information content (AvgIpc) is 2.41. The van der Waals surface area contributed by atoms with Gasteiger partial charge in [0.25, 0.3) is 5.91 Å². The highest BCUT2D eigenvalue weighted by Crippen LogP contribution is 2.11. The maximum Gasteiger partial charge on any atom is 0.356 e. The zero-order valence-electron chi connectivity index (χ0n) is 9.37. The summed E-state index contributed by atoms with van der Waals surface area (Å²) < 4.78 is 0. The van der Waals surface area contributed by atoms with E-state index in [9.17, 15) is 9.59 Å². The van der Waals surface area contributed by atoms with Crippen molar-refractivity contribution in [3.63, 3.8) is 0 Å². The Bertz CT molecular complexity index is 630. The van der Waals surface area contributed by atoms with Crippen LogP contribution in [-0.4, -0.2) is 31.9 Å². The molecule has 96 valence electrons. The summed E-state index contributed by atoms with van der Waals surface area (Å²) in [6.07, 6.45) is 3.78. The number of carbonyl (C=O) groups excluding carboxylic acids is 1. The molecule has 2 heterocycles. The molecule has 0 spiro atoms. The minimum atomic E-state index is -1.33. The molecular formula is C11H7ClN4O3. The third kappa shape index (κ3) is 3.02. The number of carboxylic acid groups (broad SMARTS) is 1. The molecule has 2 N–H and O–H groups in total. The Morgan fingerprint density at radius 3 is 2.37 bits per heavy atom. The smallest absolute Gasteiger partial charge is 0.356 e. The monoisotopic (exact) mass is 278 g/mol. The number of aromatic carboxylic acids is 1. The topological polar surface area (TPSA) is 105 Å². The molecule has 0 atom stereocenters. The van der Waals surface area contributed by atoms with Gasteiger partial charge in [-0.15, -0.1) is 0 Å². The van der Waals surface area contributed by atoms with Crippen LogP contribution in [0.15, 0.2) is 30.7 Å². The number of rotatable bonds is 3. The average molecular weight is 279 g/mol. The standard InChI is InChI=1S/C11H7ClN4O3/c12-7-2-1-6(5-15-7)16-10(17)8-9(11(18)19)14-4-3-13-8/h1-5H,(H,16,17)(H,18,19). The van der Waals surface area contributed by atoms with Crippen LogP contribution in [0.3, 0.4) is 0 Å². The van der Waals surface area contributed by atoms with Gasteiger partial charge in [0.15, 0.2) is 11.4 Å². The van der Waals surface area contributed by atoms with E-state index in [1.807, 2.05) is 0 Å². The Balaban J connectivity index is 2.25. The van der Waals surface area contributed by atoms with E-state index in [1.54, 1.807) is 0 Å². The van der Waals surface area contributed by atoms with E-state index in [1.165, 1.54) is 30.7 Å². The van der Waals surface area contributed by atoms with Crippen molar-refractivity contribution in [1.82, 2.24) is 15.0 Å². The van der Waals surface area contributed by atoms with Crippen molar-refractivity contribution in [2.24, 2.45) is 0 Å². The van der Waals surface area contributed by atoms with Crippen LogP contribution >= 0.6 is 11.6 Å². The Morgan fingerprint density at radius 2 is 1.79 bits per heavy atom. The number of carbonyl (C=O) groups is 2. The Labute approximate surface area is 112 Å². The summed E-state index contributed by atoms with van der Waals surface area (Å²) in [7, 11) is 0. The van der Waals surface area contributed by atoms with Crippen LogP contribution in [0.25, 0.3) is 0 Å². The summed E-state index contributed by atoms with van der Waals surface area (Å²) in [5, 5.41) is 11.6. The number of aromatic nitrogens is 3. The van der Waals surface area contributed by atoms with Crippen molar-refractivity contribution < 1.29 is 14.7 Å².